The first-order valence-corrected chi connectivity index (χ1v) is 8.97. The second-order valence-corrected chi connectivity index (χ2v) is 6.43. The van der Waals surface area contributed by atoms with Crippen molar-refractivity contribution < 1.29 is 27.8 Å². The van der Waals surface area contributed by atoms with Gasteiger partial charge in [0.1, 0.15) is 34.6 Å². The van der Waals surface area contributed by atoms with Gasteiger partial charge in [-0.1, -0.05) is 24.3 Å². The summed E-state index contributed by atoms with van der Waals surface area (Å²) in [5.74, 6) is -1.47. The molecule has 3 rings (SSSR count). The normalized spacial score (nSPS) is 10.6. The van der Waals surface area contributed by atoms with Gasteiger partial charge < -0.3 is 15.2 Å². The first kappa shape index (κ1) is 21.6. The molecule has 6 nitrogen and oxygen atoms in total. The summed E-state index contributed by atoms with van der Waals surface area (Å²) in [4.78, 5) is 16.2. The van der Waals surface area contributed by atoms with Gasteiger partial charge in [0, 0.05) is 18.2 Å². The van der Waals surface area contributed by atoms with E-state index in [4.69, 9.17) is 4.74 Å². The maximum atomic E-state index is 13.5. The minimum Gasteiger partial charge on any atom is -0.506 e. The number of benzene rings is 2. The van der Waals surface area contributed by atoms with Crippen LogP contribution < -0.4 is 10.1 Å². The van der Waals surface area contributed by atoms with E-state index in [-0.39, 0.29) is 29.1 Å². The quantitative estimate of drug-likeness (QED) is 0.610. The Kier molecular flexibility index (Phi) is 6.40. The number of nitrogens with one attached hydrogen (secondary N) is 1. The van der Waals surface area contributed by atoms with Crippen molar-refractivity contribution in [3.05, 3.63) is 76.7 Å². The van der Waals surface area contributed by atoms with Crippen molar-refractivity contribution >= 4 is 5.91 Å². The molecule has 0 aliphatic carbocycles. The van der Waals surface area contributed by atoms with E-state index < -0.39 is 29.6 Å². The summed E-state index contributed by atoms with van der Waals surface area (Å²) in [6.45, 7) is 0.0969. The molecule has 0 aliphatic rings. The van der Waals surface area contributed by atoms with Crippen LogP contribution >= 0.6 is 0 Å². The van der Waals surface area contributed by atoms with Crippen LogP contribution in [-0.2, 0) is 6.54 Å². The second-order valence-electron chi connectivity index (χ2n) is 6.43. The molecule has 0 atom stereocenters. The molecule has 1 heterocycles. The largest absolute Gasteiger partial charge is 0.506 e. The monoisotopic (exact) mass is 427 g/mol. The van der Waals surface area contributed by atoms with Crippen LogP contribution in [-0.4, -0.2) is 23.1 Å². The van der Waals surface area contributed by atoms with Gasteiger partial charge in [-0.3, -0.25) is 4.79 Å². The third-order valence-electron chi connectivity index (χ3n) is 4.44. The highest BCUT2D eigenvalue weighted by Gasteiger charge is 2.19. The van der Waals surface area contributed by atoms with Crippen LogP contribution in [0.25, 0.3) is 11.3 Å². The summed E-state index contributed by atoms with van der Waals surface area (Å²) in [6.07, 6.45) is -2.91. The molecule has 0 radical (unpaired) electrons. The number of methoxy groups -OCH3 is 1. The third-order valence-corrected chi connectivity index (χ3v) is 4.44. The van der Waals surface area contributed by atoms with Crippen molar-refractivity contribution in [1.29, 1.82) is 5.26 Å². The van der Waals surface area contributed by atoms with E-state index in [0.29, 0.717) is 11.1 Å². The topological polar surface area (TPSA) is 95.2 Å². The maximum absolute atomic E-state index is 13.5. The average molecular weight is 427 g/mol. The van der Waals surface area contributed by atoms with E-state index in [1.807, 2.05) is 0 Å². The van der Waals surface area contributed by atoms with Gasteiger partial charge in [0.2, 0.25) is 0 Å². The number of pyridine rings is 1. The van der Waals surface area contributed by atoms with Crippen LogP contribution in [0, 0.1) is 17.1 Å². The fraction of sp³-hybridized carbons (Fsp3) is 0.136. The number of aromatic nitrogens is 1. The Morgan fingerprint density at radius 2 is 1.94 bits per heavy atom. The second kappa shape index (κ2) is 9.17. The van der Waals surface area contributed by atoms with E-state index in [1.165, 1.54) is 31.4 Å². The maximum Gasteiger partial charge on any atom is 0.280 e. The zero-order valence-corrected chi connectivity index (χ0v) is 16.2. The van der Waals surface area contributed by atoms with Gasteiger partial charge in [-0.2, -0.15) is 5.26 Å². The molecule has 9 heteroatoms. The molecule has 158 valence electrons. The smallest absolute Gasteiger partial charge is 0.280 e. The predicted octanol–water partition coefficient (Wildman–Crippen LogP) is 4.34. The molecule has 0 bridgehead atoms. The van der Waals surface area contributed by atoms with Crippen LogP contribution in [0.5, 0.6) is 11.5 Å². The van der Waals surface area contributed by atoms with Gasteiger partial charge in [0.25, 0.3) is 12.3 Å². The molecule has 0 unspecified atom stereocenters. The lowest BCUT2D eigenvalue weighted by molar-refractivity contribution is 0.0947. The summed E-state index contributed by atoms with van der Waals surface area (Å²) >= 11 is 0. The highest BCUT2D eigenvalue weighted by atomic mass is 19.3. The van der Waals surface area contributed by atoms with Gasteiger partial charge in [0.05, 0.1) is 18.4 Å². The molecule has 1 amide bonds. The number of aromatic hydroxyl groups is 1. The highest BCUT2D eigenvalue weighted by Crippen LogP contribution is 2.32. The fourth-order valence-electron chi connectivity index (χ4n) is 2.90. The SMILES string of the molecule is COc1ccc(F)cc1C(=O)NCc1ccc(-c2nc(C(F)F)cc(O)c2C#N)cc1. The van der Waals surface area contributed by atoms with Crippen LogP contribution in [0.3, 0.4) is 0 Å². The molecule has 2 aromatic carbocycles. The predicted molar refractivity (Wildman–Crippen MR) is 105 cm³/mol. The molecule has 2 N–H and O–H groups in total. The standard InChI is InChI=1S/C22H16F3N3O3/c1-31-19-7-6-14(23)8-15(19)22(30)27-11-12-2-4-13(5-3-12)20-16(10-26)18(29)9-17(28-20)21(24)25/h2-9,21H,11H2,1H3,(H,27,30)(H,28,29). The van der Waals surface area contributed by atoms with Gasteiger partial charge in [-0.15, -0.1) is 0 Å². The molecular weight excluding hydrogens is 411 g/mol. The molecule has 0 saturated carbocycles. The van der Waals surface area contributed by atoms with Crippen LogP contribution in [0.2, 0.25) is 0 Å². The van der Waals surface area contributed by atoms with E-state index in [1.54, 1.807) is 18.2 Å². The Hall–Kier alpha value is -4.06. The van der Waals surface area contributed by atoms with Crippen molar-refractivity contribution in [3.63, 3.8) is 0 Å². The molecule has 0 spiro atoms. The van der Waals surface area contributed by atoms with E-state index in [9.17, 15) is 28.3 Å². The summed E-state index contributed by atoms with van der Waals surface area (Å²) in [5.41, 5.74) is 0.103. The minimum absolute atomic E-state index is 0.0428. The van der Waals surface area contributed by atoms with Crippen molar-refractivity contribution in [2.24, 2.45) is 0 Å². The number of ether oxygens (including phenoxy) is 1. The number of hydrogen-bond donors (Lipinski definition) is 2. The first-order valence-electron chi connectivity index (χ1n) is 8.97. The average Bonchev–Trinajstić information content (AvgIpc) is 2.77. The highest BCUT2D eigenvalue weighted by molar-refractivity contribution is 5.96. The number of hydrogen-bond acceptors (Lipinski definition) is 5. The summed E-state index contributed by atoms with van der Waals surface area (Å²) in [7, 11) is 1.37. The Morgan fingerprint density at radius 1 is 1.23 bits per heavy atom. The summed E-state index contributed by atoms with van der Waals surface area (Å²) in [6, 6.07) is 12.4. The fourth-order valence-corrected chi connectivity index (χ4v) is 2.90. The summed E-state index contributed by atoms with van der Waals surface area (Å²) in [5, 5.41) is 21.8. The van der Waals surface area contributed by atoms with E-state index >= 15 is 0 Å². The molecule has 3 aromatic rings. The number of amides is 1. The van der Waals surface area contributed by atoms with Gasteiger partial charge in [-0.05, 0) is 23.8 Å². The van der Waals surface area contributed by atoms with Crippen molar-refractivity contribution in [3.8, 4) is 28.8 Å². The third kappa shape index (κ3) is 4.75. The number of nitriles is 1. The Bertz CT molecular complexity index is 1160. The van der Waals surface area contributed by atoms with Crippen LogP contribution in [0.15, 0.2) is 48.5 Å². The Morgan fingerprint density at radius 3 is 2.55 bits per heavy atom. The van der Waals surface area contributed by atoms with Gasteiger partial charge >= 0.3 is 0 Å². The van der Waals surface area contributed by atoms with Gasteiger partial charge in [-0.25, -0.2) is 18.2 Å². The lowest BCUT2D eigenvalue weighted by atomic mass is 10.0. The zero-order chi connectivity index (χ0) is 22.5. The molecule has 1 aromatic heterocycles. The van der Waals surface area contributed by atoms with E-state index in [0.717, 1.165) is 12.1 Å². The van der Waals surface area contributed by atoms with Crippen LogP contribution in [0.1, 0.15) is 33.6 Å². The Labute approximate surface area is 175 Å². The number of carbonyl (C=O) groups excluding carboxylic acids is 1. The number of nitrogens with zero attached hydrogens (tertiary/aromatic N) is 2. The number of halogens is 3. The Balaban J connectivity index is 1.80. The summed E-state index contributed by atoms with van der Waals surface area (Å²) < 4.78 is 44.5. The first-order chi connectivity index (χ1) is 14.8. The van der Waals surface area contributed by atoms with Crippen molar-refractivity contribution in [1.82, 2.24) is 10.3 Å². The number of alkyl halides is 2. The van der Waals surface area contributed by atoms with Crippen molar-refractivity contribution in [2.75, 3.05) is 7.11 Å². The lowest BCUT2D eigenvalue weighted by Crippen LogP contribution is -2.23. The minimum atomic E-state index is -2.91. The number of carbonyl (C=O) groups is 1. The van der Waals surface area contributed by atoms with E-state index in [2.05, 4.69) is 10.3 Å². The molecule has 31 heavy (non-hydrogen) atoms. The zero-order valence-electron chi connectivity index (χ0n) is 16.2. The van der Waals surface area contributed by atoms with Gasteiger partial charge in [0.15, 0.2) is 0 Å². The molecular formula is C22H16F3N3O3. The van der Waals surface area contributed by atoms with Crippen molar-refractivity contribution in [2.45, 2.75) is 13.0 Å². The van der Waals surface area contributed by atoms with Crippen LogP contribution in [0.4, 0.5) is 13.2 Å². The molecule has 0 fully saturated rings. The molecule has 0 aliphatic heterocycles. The lowest BCUT2D eigenvalue weighted by Gasteiger charge is -2.11. The molecule has 0 saturated heterocycles. The number of rotatable bonds is 6.